The van der Waals surface area contributed by atoms with Gasteiger partial charge in [0.2, 0.25) is 5.91 Å². The SMILES string of the molecule is CCc1cc(NC(=O)CC#N)ccc1Br. The van der Waals surface area contributed by atoms with Gasteiger partial charge in [0.15, 0.2) is 0 Å². The first-order valence-electron chi connectivity index (χ1n) is 4.62. The fourth-order valence-corrected chi connectivity index (χ4v) is 1.73. The number of nitrogens with zero attached hydrogens (tertiary/aromatic N) is 1. The Morgan fingerprint density at radius 1 is 1.60 bits per heavy atom. The first kappa shape index (κ1) is 11.7. The van der Waals surface area contributed by atoms with Crippen LogP contribution in [0.15, 0.2) is 22.7 Å². The van der Waals surface area contributed by atoms with Gasteiger partial charge in [0.1, 0.15) is 6.42 Å². The summed E-state index contributed by atoms with van der Waals surface area (Å²) >= 11 is 3.42. The van der Waals surface area contributed by atoms with Crippen LogP contribution in [0.3, 0.4) is 0 Å². The molecule has 78 valence electrons. The number of hydrogen-bond acceptors (Lipinski definition) is 2. The largest absolute Gasteiger partial charge is 0.325 e. The second-order valence-corrected chi connectivity index (χ2v) is 3.90. The highest BCUT2D eigenvalue weighted by Crippen LogP contribution is 2.21. The summed E-state index contributed by atoms with van der Waals surface area (Å²) in [6, 6.07) is 7.40. The van der Waals surface area contributed by atoms with Gasteiger partial charge in [-0.3, -0.25) is 4.79 Å². The van der Waals surface area contributed by atoms with Gasteiger partial charge in [-0.15, -0.1) is 0 Å². The normalized spacial score (nSPS) is 9.40. The van der Waals surface area contributed by atoms with Crippen LogP contribution in [-0.4, -0.2) is 5.91 Å². The fourth-order valence-electron chi connectivity index (χ4n) is 1.20. The summed E-state index contributed by atoms with van der Waals surface area (Å²) < 4.78 is 1.03. The van der Waals surface area contributed by atoms with Crippen molar-refractivity contribution in [3.05, 3.63) is 28.2 Å². The van der Waals surface area contributed by atoms with Gasteiger partial charge in [0.25, 0.3) is 0 Å². The molecule has 0 fully saturated rings. The van der Waals surface area contributed by atoms with Crippen LogP contribution in [0.1, 0.15) is 18.9 Å². The van der Waals surface area contributed by atoms with E-state index in [9.17, 15) is 4.79 Å². The lowest BCUT2D eigenvalue weighted by atomic mass is 10.1. The molecule has 1 rings (SSSR count). The fraction of sp³-hybridized carbons (Fsp3) is 0.273. The third-order valence-electron chi connectivity index (χ3n) is 1.95. The van der Waals surface area contributed by atoms with E-state index < -0.39 is 0 Å². The molecule has 0 saturated carbocycles. The van der Waals surface area contributed by atoms with Crippen molar-refractivity contribution in [2.45, 2.75) is 19.8 Å². The Hall–Kier alpha value is -1.34. The number of amides is 1. The molecule has 4 heteroatoms. The third kappa shape index (κ3) is 3.37. The summed E-state index contributed by atoms with van der Waals surface area (Å²) in [6.07, 6.45) is 0.778. The van der Waals surface area contributed by atoms with Gasteiger partial charge >= 0.3 is 0 Å². The standard InChI is InChI=1S/C11H11BrN2O/c1-2-8-7-9(3-4-10(8)12)14-11(15)5-6-13/h3-4,7H,2,5H2,1H3,(H,14,15). The Labute approximate surface area is 97.2 Å². The van der Waals surface area contributed by atoms with Gasteiger partial charge in [0, 0.05) is 10.2 Å². The summed E-state index contributed by atoms with van der Waals surface area (Å²) in [5, 5.41) is 11.0. The summed E-state index contributed by atoms with van der Waals surface area (Å²) in [4.78, 5) is 11.2. The van der Waals surface area contributed by atoms with Crippen molar-refractivity contribution in [3.63, 3.8) is 0 Å². The minimum atomic E-state index is -0.276. The van der Waals surface area contributed by atoms with Gasteiger partial charge in [-0.25, -0.2) is 0 Å². The van der Waals surface area contributed by atoms with Gasteiger partial charge in [-0.1, -0.05) is 22.9 Å². The molecule has 0 aromatic heterocycles. The summed E-state index contributed by atoms with van der Waals surface area (Å²) in [5.74, 6) is -0.276. The molecule has 0 bridgehead atoms. The van der Waals surface area contributed by atoms with Gasteiger partial charge in [-0.05, 0) is 30.2 Å². The molecule has 0 atom stereocenters. The summed E-state index contributed by atoms with van der Waals surface area (Å²) in [7, 11) is 0. The van der Waals surface area contributed by atoms with E-state index in [4.69, 9.17) is 5.26 Å². The Bertz CT molecular complexity index is 410. The molecule has 0 aliphatic rings. The van der Waals surface area contributed by atoms with Crippen LogP contribution in [-0.2, 0) is 11.2 Å². The predicted molar refractivity (Wildman–Crippen MR) is 62.4 cm³/mol. The Morgan fingerprint density at radius 2 is 2.33 bits per heavy atom. The molecule has 1 amide bonds. The van der Waals surface area contributed by atoms with Crippen LogP contribution in [0.2, 0.25) is 0 Å². The van der Waals surface area contributed by atoms with Crippen molar-refractivity contribution in [1.29, 1.82) is 5.26 Å². The quantitative estimate of drug-likeness (QED) is 0.915. The minimum Gasteiger partial charge on any atom is -0.325 e. The second kappa shape index (κ2) is 5.52. The Morgan fingerprint density at radius 3 is 2.93 bits per heavy atom. The number of halogens is 1. The molecule has 0 heterocycles. The third-order valence-corrected chi connectivity index (χ3v) is 2.72. The number of nitriles is 1. The smallest absolute Gasteiger partial charge is 0.238 e. The minimum absolute atomic E-state index is 0.114. The molecule has 0 spiro atoms. The lowest BCUT2D eigenvalue weighted by Gasteiger charge is -2.06. The van der Waals surface area contributed by atoms with E-state index in [1.54, 1.807) is 12.1 Å². The topological polar surface area (TPSA) is 52.9 Å². The molecule has 0 radical (unpaired) electrons. The molecule has 0 aliphatic carbocycles. The number of benzene rings is 1. The molecule has 3 nitrogen and oxygen atoms in total. The van der Waals surface area contributed by atoms with Gasteiger partial charge in [0.05, 0.1) is 6.07 Å². The van der Waals surface area contributed by atoms with Crippen LogP contribution in [0.5, 0.6) is 0 Å². The number of hydrogen-bond donors (Lipinski definition) is 1. The molecule has 0 aliphatic heterocycles. The molecular weight excluding hydrogens is 256 g/mol. The second-order valence-electron chi connectivity index (χ2n) is 3.04. The van der Waals surface area contributed by atoms with E-state index in [1.165, 1.54) is 0 Å². The maximum Gasteiger partial charge on any atom is 0.238 e. The van der Waals surface area contributed by atoms with Crippen molar-refractivity contribution >= 4 is 27.5 Å². The van der Waals surface area contributed by atoms with Crippen LogP contribution in [0, 0.1) is 11.3 Å². The van der Waals surface area contributed by atoms with Crippen LogP contribution in [0.25, 0.3) is 0 Å². The van der Waals surface area contributed by atoms with Crippen molar-refractivity contribution in [1.82, 2.24) is 0 Å². The molecule has 1 aromatic carbocycles. The number of rotatable bonds is 3. The number of carbonyl (C=O) groups is 1. The van der Waals surface area contributed by atoms with E-state index >= 15 is 0 Å². The van der Waals surface area contributed by atoms with E-state index in [0.29, 0.717) is 0 Å². The lowest BCUT2D eigenvalue weighted by molar-refractivity contribution is -0.115. The molecule has 0 saturated heterocycles. The molecule has 1 N–H and O–H groups in total. The number of aryl methyl sites for hydroxylation is 1. The van der Waals surface area contributed by atoms with E-state index in [2.05, 4.69) is 21.2 Å². The number of carbonyl (C=O) groups excluding carboxylic acids is 1. The zero-order chi connectivity index (χ0) is 11.3. The van der Waals surface area contributed by atoms with E-state index in [-0.39, 0.29) is 12.3 Å². The highest BCUT2D eigenvalue weighted by atomic mass is 79.9. The predicted octanol–water partition coefficient (Wildman–Crippen LogP) is 2.86. The maximum absolute atomic E-state index is 11.2. The summed E-state index contributed by atoms with van der Waals surface area (Å²) in [5.41, 5.74) is 1.86. The van der Waals surface area contributed by atoms with Crippen molar-refractivity contribution < 1.29 is 4.79 Å². The van der Waals surface area contributed by atoms with Gasteiger partial charge in [-0.2, -0.15) is 5.26 Å². The maximum atomic E-state index is 11.2. The average Bonchev–Trinajstić information content (AvgIpc) is 2.21. The first-order valence-corrected chi connectivity index (χ1v) is 5.42. The summed E-state index contributed by atoms with van der Waals surface area (Å²) in [6.45, 7) is 2.04. The average molecular weight is 267 g/mol. The first-order chi connectivity index (χ1) is 7.17. The van der Waals surface area contributed by atoms with Crippen molar-refractivity contribution in [2.75, 3.05) is 5.32 Å². The van der Waals surface area contributed by atoms with E-state index in [0.717, 1.165) is 22.1 Å². The zero-order valence-electron chi connectivity index (χ0n) is 8.38. The van der Waals surface area contributed by atoms with Crippen LogP contribution >= 0.6 is 15.9 Å². The number of nitrogens with one attached hydrogen (secondary N) is 1. The van der Waals surface area contributed by atoms with E-state index in [1.807, 2.05) is 19.1 Å². The highest BCUT2D eigenvalue weighted by molar-refractivity contribution is 9.10. The Balaban J connectivity index is 2.79. The lowest BCUT2D eigenvalue weighted by Crippen LogP contribution is -2.10. The Kier molecular flexibility index (Phi) is 4.32. The zero-order valence-corrected chi connectivity index (χ0v) is 9.97. The number of anilines is 1. The van der Waals surface area contributed by atoms with Crippen molar-refractivity contribution in [2.24, 2.45) is 0 Å². The molecule has 0 unspecified atom stereocenters. The molecule has 1 aromatic rings. The van der Waals surface area contributed by atoms with Crippen LogP contribution < -0.4 is 5.32 Å². The highest BCUT2D eigenvalue weighted by Gasteiger charge is 2.03. The monoisotopic (exact) mass is 266 g/mol. The van der Waals surface area contributed by atoms with Gasteiger partial charge < -0.3 is 5.32 Å². The molecular formula is C11H11BrN2O. The van der Waals surface area contributed by atoms with Crippen LogP contribution in [0.4, 0.5) is 5.69 Å². The molecule has 15 heavy (non-hydrogen) atoms. The van der Waals surface area contributed by atoms with Crippen molar-refractivity contribution in [3.8, 4) is 6.07 Å².